The van der Waals surface area contributed by atoms with Crippen molar-refractivity contribution in [2.75, 3.05) is 19.6 Å². The summed E-state index contributed by atoms with van der Waals surface area (Å²) in [5.74, 6) is 0.107. The summed E-state index contributed by atoms with van der Waals surface area (Å²) in [5.41, 5.74) is 1.07. The molecular weight excluding hydrogens is 295 g/mol. The first-order valence-electron chi connectivity index (χ1n) is 7.04. The predicted octanol–water partition coefficient (Wildman–Crippen LogP) is 3.43. The summed E-state index contributed by atoms with van der Waals surface area (Å²) < 4.78 is 0. The quantitative estimate of drug-likeness (QED) is 0.685. The van der Waals surface area contributed by atoms with Gasteiger partial charge in [-0.25, -0.2) is 0 Å². The summed E-state index contributed by atoms with van der Waals surface area (Å²) in [6.45, 7) is 4.36. The summed E-state index contributed by atoms with van der Waals surface area (Å²) in [7, 11) is 0. The zero-order valence-electron chi connectivity index (χ0n) is 11.8. The molecule has 1 amide bonds. The molecule has 0 atom stereocenters. The highest BCUT2D eigenvalue weighted by atomic mass is 35.5. The Labute approximate surface area is 131 Å². The molecule has 0 heterocycles. The molecule has 0 aromatic heterocycles. The summed E-state index contributed by atoms with van der Waals surface area (Å²) in [4.78, 5) is 11.5. The Hall–Kier alpha value is -0.770. The van der Waals surface area contributed by atoms with E-state index < -0.39 is 0 Å². The lowest BCUT2D eigenvalue weighted by atomic mass is 10.1. The van der Waals surface area contributed by atoms with Crippen LogP contribution in [0.4, 0.5) is 0 Å². The number of hydrogen-bond donors (Lipinski definition) is 2. The molecule has 0 bridgehead atoms. The number of rotatable bonds is 9. The molecule has 0 aliphatic heterocycles. The number of carbonyl (C=O) groups is 1. The van der Waals surface area contributed by atoms with Crippen LogP contribution in [-0.2, 0) is 11.2 Å². The van der Waals surface area contributed by atoms with E-state index in [4.69, 9.17) is 23.2 Å². The van der Waals surface area contributed by atoms with Crippen molar-refractivity contribution in [1.82, 2.24) is 10.6 Å². The standard InChI is InChI=1S/C15H22Cl2N2O/c1-2-3-8-19-15(20)7-10-18-9-6-12-4-5-13(16)11-14(12)17/h4-5,11,18H,2-3,6-10H2,1H3,(H,19,20). The Balaban J connectivity index is 2.11. The van der Waals surface area contributed by atoms with E-state index in [2.05, 4.69) is 17.6 Å². The molecule has 0 spiro atoms. The molecule has 0 aliphatic rings. The Kier molecular flexibility index (Phi) is 8.67. The van der Waals surface area contributed by atoms with Crippen molar-refractivity contribution in [3.63, 3.8) is 0 Å². The minimum atomic E-state index is 0.107. The number of carbonyl (C=O) groups excluding carboxylic acids is 1. The van der Waals surface area contributed by atoms with Crippen LogP contribution in [-0.4, -0.2) is 25.5 Å². The second kappa shape index (κ2) is 10.0. The van der Waals surface area contributed by atoms with Gasteiger partial charge in [0.2, 0.25) is 5.91 Å². The third-order valence-electron chi connectivity index (χ3n) is 2.97. The molecular formula is C15H22Cl2N2O. The third kappa shape index (κ3) is 7.13. The van der Waals surface area contributed by atoms with Crippen molar-refractivity contribution in [3.8, 4) is 0 Å². The van der Waals surface area contributed by atoms with Crippen molar-refractivity contribution < 1.29 is 4.79 Å². The largest absolute Gasteiger partial charge is 0.356 e. The van der Waals surface area contributed by atoms with Gasteiger partial charge in [-0.15, -0.1) is 0 Å². The smallest absolute Gasteiger partial charge is 0.221 e. The molecule has 0 unspecified atom stereocenters. The monoisotopic (exact) mass is 316 g/mol. The van der Waals surface area contributed by atoms with Crippen LogP contribution in [0.15, 0.2) is 18.2 Å². The summed E-state index contributed by atoms with van der Waals surface area (Å²) in [6.07, 6.45) is 3.47. The second-order valence-corrected chi connectivity index (χ2v) is 5.53. The van der Waals surface area contributed by atoms with E-state index in [9.17, 15) is 4.79 Å². The van der Waals surface area contributed by atoms with Crippen LogP contribution in [0.25, 0.3) is 0 Å². The van der Waals surface area contributed by atoms with Crippen LogP contribution in [0.1, 0.15) is 31.7 Å². The van der Waals surface area contributed by atoms with E-state index in [0.717, 1.165) is 37.9 Å². The number of benzene rings is 1. The minimum Gasteiger partial charge on any atom is -0.356 e. The highest BCUT2D eigenvalue weighted by Crippen LogP contribution is 2.20. The number of amides is 1. The number of nitrogens with one attached hydrogen (secondary N) is 2. The first kappa shape index (κ1) is 17.3. The predicted molar refractivity (Wildman–Crippen MR) is 85.6 cm³/mol. The lowest BCUT2D eigenvalue weighted by Crippen LogP contribution is -2.29. The van der Waals surface area contributed by atoms with E-state index in [0.29, 0.717) is 23.0 Å². The molecule has 0 saturated heterocycles. The van der Waals surface area contributed by atoms with Gasteiger partial charge in [-0.05, 0) is 37.1 Å². The van der Waals surface area contributed by atoms with Gasteiger partial charge in [0, 0.05) is 29.6 Å². The molecule has 112 valence electrons. The summed E-state index contributed by atoms with van der Waals surface area (Å²) in [6, 6.07) is 5.52. The van der Waals surface area contributed by atoms with Crippen molar-refractivity contribution in [1.29, 1.82) is 0 Å². The minimum absolute atomic E-state index is 0.107. The van der Waals surface area contributed by atoms with Gasteiger partial charge in [0.15, 0.2) is 0 Å². The number of unbranched alkanes of at least 4 members (excludes halogenated alkanes) is 1. The topological polar surface area (TPSA) is 41.1 Å². The van der Waals surface area contributed by atoms with Gasteiger partial charge < -0.3 is 10.6 Å². The fourth-order valence-electron chi connectivity index (χ4n) is 1.77. The Bertz CT molecular complexity index is 424. The fourth-order valence-corrected chi connectivity index (χ4v) is 2.27. The molecule has 3 nitrogen and oxygen atoms in total. The zero-order chi connectivity index (χ0) is 14.8. The molecule has 1 aromatic rings. The Morgan fingerprint density at radius 2 is 2.00 bits per heavy atom. The van der Waals surface area contributed by atoms with Gasteiger partial charge in [-0.3, -0.25) is 4.79 Å². The van der Waals surface area contributed by atoms with Crippen molar-refractivity contribution in [2.24, 2.45) is 0 Å². The van der Waals surface area contributed by atoms with E-state index in [1.807, 2.05) is 12.1 Å². The fraction of sp³-hybridized carbons (Fsp3) is 0.533. The molecule has 0 fully saturated rings. The highest BCUT2D eigenvalue weighted by molar-refractivity contribution is 6.35. The summed E-state index contributed by atoms with van der Waals surface area (Å²) >= 11 is 11.9. The van der Waals surface area contributed by atoms with Gasteiger partial charge in [0.05, 0.1) is 0 Å². The van der Waals surface area contributed by atoms with Gasteiger partial charge in [0.1, 0.15) is 0 Å². The van der Waals surface area contributed by atoms with Crippen LogP contribution < -0.4 is 10.6 Å². The SMILES string of the molecule is CCCCNC(=O)CCNCCc1ccc(Cl)cc1Cl. The normalized spacial score (nSPS) is 10.6. The zero-order valence-corrected chi connectivity index (χ0v) is 13.4. The van der Waals surface area contributed by atoms with Gasteiger partial charge in [-0.1, -0.05) is 42.6 Å². The van der Waals surface area contributed by atoms with Crippen LogP contribution in [0, 0.1) is 0 Å². The molecule has 0 aliphatic carbocycles. The van der Waals surface area contributed by atoms with Crippen LogP contribution >= 0.6 is 23.2 Å². The second-order valence-electron chi connectivity index (χ2n) is 4.69. The van der Waals surface area contributed by atoms with E-state index in [-0.39, 0.29) is 5.91 Å². The number of halogens is 2. The van der Waals surface area contributed by atoms with Crippen molar-refractivity contribution >= 4 is 29.1 Å². The van der Waals surface area contributed by atoms with Crippen LogP contribution in [0.2, 0.25) is 10.0 Å². The van der Waals surface area contributed by atoms with Crippen LogP contribution in [0.3, 0.4) is 0 Å². The maximum absolute atomic E-state index is 11.5. The molecule has 2 N–H and O–H groups in total. The average Bonchev–Trinajstić information content (AvgIpc) is 2.41. The highest BCUT2D eigenvalue weighted by Gasteiger charge is 2.02. The molecule has 1 aromatic carbocycles. The average molecular weight is 317 g/mol. The lowest BCUT2D eigenvalue weighted by molar-refractivity contribution is -0.120. The Morgan fingerprint density at radius 1 is 1.20 bits per heavy atom. The first-order valence-corrected chi connectivity index (χ1v) is 7.80. The maximum Gasteiger partial charge on any atom is 0.221 e. The molecule has 0 radical (unpaired) electrons. The Morgan fingerprint density at radius 3 is 2.70 bits per heavy atom. The van der Waals surface area contributed by atoms with E-state index in [1.54, 1.807) is 6.07 Å². The summed E-state index contributed by atoms with van der Waals surface area (Å²) in [5, 5.41) is 7.48. The number of hydrogen-bond acceptors (Lipinski definition) is 2. The van der Waals surface area contributed by atoms with Crippen molar-refractivity contribution in [2.45, 2.75) is 32.6 Å². The maximum atomic E-state index is 11.5. The van der Waals surface area contributed by atoms with E-state index in [1.165, 1.54) is 0 Å². The molecule has 5 heteroatoms. The van der Waals surface area contributed by atoms with Gasteiger partial charge >= 0.3 is 0 Å². The van der Waals surface area contributed by atoms with Crippen molar-refractivity contribution in [3.05, 3.63) is 33.8 Å². The first-order chi connectivity index (χ1) is 9.63. The lowest BCUT2D eigenvalue weighted by Gasteiger charge is -2.07. The molecule has 0 saturated carbocycles. The molecule has 20 heavy (non-hydrogen) atoms. The van der Waals surface area contributed by atoms with E-state index >= 15 is 0 Å². The third-order valence-corrected chi connectivity index (χ3v) is 3.55. The molecule has 1 rings (SSSR count). The van der Waals surface area contributed by atoms with Crippen LogP contribution in [0.5, 0.6) is 0 Å². The van der Waals surface area contributed by atoms with Gasteiger partial charge in [0.25, 0.3) is 0 Å². The van der Waals surface area contributed by atoms with Gasteiger partial charge in [-0.2, -0.15) is 0 Å².